The molecule has 0 radical (unpaired) electrons. The first-order valence-electron chi connectivity index (χ1n) is 8.06. The first-order chi connectivity index (χ1) is 9.72. The summed E-state index contributed by atoms with van der Waals surface area (Å²) >= 11 is 0. The number of ether oxygens (including phenoxy) is 1. The maximum Gasteiger partial charge on any atom is 0.119 e. The van der Waals surface area contributed by atoms with Gasteiger partial charge in [0.1, 0.15) is 5.75 Å². The Morgan fingerprint density at radius 2 is 1.70 bits per heavy atom. The van der Waals surface area contributed by atoms with E-state index in [1.165, 1.54) is 24.8 Å². The molecule has 112 valence electrons. The molecule has 0 aromatic heterocycles. The van der Waals surface area contributed by atoms with Crippen molar-refractivity contribution < 1.29 is 9.84 Å². The Morgan fingerprint density at radius 1 is 1.10 bits per heavy atom. The van der Waals surface area contributed by atoms with E-state index in [1.807, 2.05) is 0 Å². The topological polar surface area (TPSA) is 29.5 Å². The highest BCUT2D eigenvalue weighted by Gasteiger charge is 2.20. The van der Waals surface area contributed by atoms with Crippen LogP contribution in [0.25, 0.3) is 0 Å². The van der Waals surface area contributed by atoms with E-state index in [0.29, 0.717) is 24.4 Å². The lowest BCUT2D eigenvalue weighted by molar-refractivity contribution is 0.139. The first-order valence-corrected chi connectivity index (χ1v) is 8.06. The number of hydrogen-bond donors (Lipinski definition) is 1. The van der Waals surface area contributed by atoms with Gasteiger partial charge in [-0.1, -0.05) is 26.0 Å². The summed E-state index contributed by atoms with van der Waals surface area (Å²) in [6.07, 6.45) is 5.86. The van der Waals surface area contributed by atoms with E-state index in [-0.39, 0.29) is 0 Å². The average molecular weight is 276 g/mol. The van der Waals surface area contributed by atoms with E-state index in [4.69, 9.17) is 9.84 Å². The largest absolute Gasteiger partial charge is 0.493 e. The Morgan fingerprint density at radius 3 is 2.25 bits per heavy atom. The average Bonchev–Trinajstić information content (AvgIpc) is 2.53. The highest BCUT2D eigenvalue weighted by Crippen LogP contribution is 2.29. The van der Waals surface area contributed by atoms with Crippen LogP contribution in [0.15, 0.2) is 24.3 Å². The molecule has 1 N–H and O–H groups in total. The third kappa shape index (κ3) is 4.24. The third-order valence-corrected chi connectivity index (χ3v) is 4.77. The van der Waals surface area contributed by atoms with E-state index in [1.54, 1.807) is 0 Å². The molecule has 1 aliphatic carbocycles. The number of aliphatic hydroxyl groups excluding tert-OH is 1. The van der Waals surface area contributed by atoms with Gasteiger partial charge < -0.3 is 9.84 Å². The van der Waals surface area contributed by atoms with E-state index >= 15 is 0 Å². The van der Waals surface area contributed by atoms with Crippen LogP contribution >= 0.6 is 0 Å². The van der Waals surface area contributed by atoms with Gasteiger partial charge in [0.25, 0.3) is 0 Å². The van der Waals surface area contributed by atoms with Crippen molar-refractivity contribution in [3.8, 4) is 5.75 Å². The van der Waals surface area contributed by atoms with Crippen LogP contribution in [0, 0.1) is 11.8 Å². The lowest BCUT2D eigenvalue weighted by Crippen LogP contribution is -2.21. The monoisotopic (exact) mass is 276 g/mol. The molecule has 1 atom stereocenters. The molecule has 0 bridgehead atoms. The number of benzene rings is 1. The van der Waals surface area contributed by atoms with Crippen LogP contribution in [-0.4, -0.2) is 18.3 Å². The Balaban J connectivity index is 1.77. The van der Waals surface area contributed by atoms with Crippen LogP contribution in [-0.2, 0) is 0 Å². The fourth-order valence-electron chi connectivity index (χ4n) is 2.92. The maximum atomic E-state index is 9.15. The summed E-state index contributed by atoms with van der Waals surface area (Å²) in [5, 5.41) is 9.15. The van der Waals surface area contributed by atoms with Crippen molar-refractivity contribution in [3.05, 3.63) is 29.8 Å². The highest BCUT2D eigenvalue weighted by atomic mass is 16.5. The molecule has 1 aromatic carbocycles. The molecule has 1 aromatic rings. The van der Waals surface area contributed by atoms with Gasteiger partial charge in [-0.05, 0) is 67.6 Å². The summed E-state index contributed by atoms with van der Waals surface area (Å²) in [6, 6.07) is 8.57. The molecular weight excluding hydrogens is 248 g/mol. The smallest absolute Gasteiger partial charge is 0.119 e. The standard InChI is InChI=1S/C18H28O2/c1-3-14(2)17-8-10-18(11-9-17)20-13-16-6-4-15(12-19)5-7-16/h8-11,14-16,19H,3-7,12-13H2,1-2H3. The second-order valence-electron chi connectivity index (χ2n) is 6.26. The minimum atomic E-state index is 0.352. The van der Waals surface area contributed by atoms with E-state index in [2.05, 4.69) is 38.1 Å². The molecule has 1 unspecified atom stereocenters. The van der Waals surface area contributed by atoms with Gasteiger partial charge in [0, 0.05) is 6.61 Å². The second kappa shape index (κ2) is 7.68. The maximum absolute atomic E-state index is 9.15. The first kappa shape index (κ1) is 15.4. The Bertz CT molecular complexity index is 377. The van der Waals surface area contributed by atoms with Crippen LogP contribution in [0.3, 0.4) is 0 Å². The molecule has 0 aliphatic heterocycles. The lowest BCUT2D eigenvalue weighted by Gasteiger charge is -2.27. The van der Waals surface area contributed by atoms with E-state index < -0.39 is 0 Å². The van der Waals surface area contributed by atoms with Crippen LogP contribution in [0.4, 0.5) is 0 Å². The number of hydrogen-bond acceptors (Lipinski definition) is 2. The van der Waals surface area contributed by atoms with Gasteiger partial charge in [0.15, 0.2) is 0 Å². The Labute approximate surface area is 123 Å². The second-order valence-corrected chi connectivity index (χ2v) is 6.26. The van der Waals surface area contributed by atoms with Gasteiger partial charge >= 0.3 is 0 Å². The van der Waals surface area contributed by atoms with Crippen molar-refractivity contribution in [2.24, 2.45) is 11.8 Å². The zero-order valence-electron chi connectivity index (χ0n) is 12.8. The summed E-state index contributed by atoms with van der Waals surface area (Å²) in [5.41, 5.74) is 1.39. The highest BCUT2D eigenvalue weighted by molar-refractivity contribution is 5.29. The normalized spacial score (nSPS) is 24.4. The Kier molecular flexibility index (Phi) is 5.90. The van der Waals surface area contributed by atoms with Crippen molar-refractivity contribution in [3.63, 3.8) is 0 Å². The van der Waals surface area contributed by atoms with E-state index in [0.717, 1.165) is 25.2 Å². The van der Waals surface area contributed by atoms with Gasteiger partial charge in [-0.3, -0.25) is 0 Å². The summed E-state index contributed by atoms with van der Waals surface area (Å²) in [7, 11) is 0. The molecule has 0 amide bonds. The van der Waals surface area contributed by atoms with Gasteiger partial charge in [-0.25, -0.2) is 0 Å². The molecule has 1 fully saturated rings. The van der Waals surface area contributed by atoms with Gasteiger partial charge in [-0.2, -0.15) is 0 Å². The summed E-state index contributed by atoms with van der Waals surface area (Å²) in [4.78, 5) is 0. The van der Waals surface area contributed by atoms with Gasteiger partial charge in [0.05, 0.1) is 6.61 Å². The van der Waals surface area contributed by atoms with Crippen LogP contribution in [0.2, 0.25) is 0 Å². The number of rotatable bonds is 6. The van der Waals surface area contributed by atoms with Crippen molar-refractivity contribution >= 4 is 0 Å². The predicted octanol–water partition coefficient (Wildman–Crippen LogP) is 4.38. The molecule has 1 aliphatic rings. The van der Waals surface area contributed by atoms with Gasteiger partial charge in [-0.15, -0.1) is 0 Å². The van der Waals surface area contributed by atoms with Crippen molar-refractivity contribution in [2.45, 2.75) is 51.9 Å². The van der Waals surface area contributed by atoms with Crippen LogP contribution in [0.5, 0.6) is 5.75 Å². The summed E-state index contributed by atoms with van der Waals surface area (Å²) < 4.78 is 5.92. The van der Waals surface area contributed by atoms with Crippen molar-refractivity contribution in [1.82, 2.24) is 0 Å². The quantitative estimate of drug-likeness (QED) is 0.835. The summed E-state index contributed by atoms with van der Waals surface area (Å²) in [5.74, 6) is 2.80. The molecule has 0 spiro atoms. The van der Waals surface area contributed by atoms with Crippen molar-refractivity contribution in [2.75, 3.05) is 13.2 Å². The molecular formula is C18H28O2. The van der Waals surface area contributed by atoms with Crippen LogP contribution in [0.1, 0.15) is 57.4 Å². The zero-order valence-corrected chi connectivity index (χ0v) is 12.8. The minimum absolute atomic E-state index is 0.352. The minimum Gasteiger partial charge on any atom is -0.493 e. The number of aliphatic hydroxyl groups is 1. The fourth-order valence-corrected chi connectivity index (χ4v) is 2.92. The molecule has 2 rings (SSSR count). The molecule has 0 heterocycles. The molecule has 20 heavy (non-hydrogen) atoms. The zero-order chi connectivity index (χ0) is 14.4. The molecule has 1 saturated carbocycles. The molecule has 0 saturated heterocycles. The van der Waals surface area contributed by atoms with Crippen molar-refractivity contribution in [1.29, 1.82) is 0 Å². The Hall–Kier alpha value is -1.02. The fraction of sp³-hybridized carbons (Fsp3) is 0.667. The van der Waals surface area contributed by atoms with Crippen LogP contribution < -0.4 is 4.74 Å². The van der Waals surface area contributed by atoms with E-state index in [9.17, 15) is 0 Å². The predicted molar refractivity (Wildman–Crippen MR) is 83.2 cm³/mol. The lowest BCUT2D eigenvalue weighted by atomic mass is 9.83. The molecule has 2 nitrogen and oxygen atoms in total. The van der Waals surface area contributed by atoms with Gasteiger partial charge in [0.2, 0.25) is 0 Å². The summed E-state index contributed by atoms with van der Waals surface area (Å²) in [6.45, 7) is 5.65. The SMILES string of the molecule is CCC(C)c1ccc(OCC2CCC(CO)CC2)cc1. The molecule has 2 heteroatoms. The third-order valence-electron chi connectivity index (χ3n) is 4.77.